The predicted octanol–water partition coefficient (Wildman–Crippen LogP) is 2.21. The van der Waals surface area contributed by atoms with Gasteiger partial charge in [0.05, 0.1) is 19.2 Å². The largest absolute Gasteiger partial charge is 0.467 e. The monoisotopic (exact) mass is 386 g/mol. The van der Waals surface area contributed by atoms with Crippen molar-refractivity contribution in [3.8, 4) is 0 Å². The maximum absolute atomic E-state index is 12.5. The van der Waals surface area contributed by atoms with Crippen LogP contribution in [-0.4, -0.2) is 29.9 Å². The van der Waals surface area contributed by atoms with E-state index in [-0.39, 0.29) is 24.8 Å². The van der Waals surface area contributed by atoms with Crippen LogP contribution in [0.4, 0.5) is 0 Å². The molecule has 2 rings (SSSR count). The number of nitrogens with one attached hydrogen (secondary N) is 2. The number of furan rings is 1. The highest BCUT2D eigenvalue weighted by molar-refractivity contribution is 5.88. The normalized spacial score (nSPS) is 12.9. The molecule has 28 heavy (non-hydrogen) atoms. The summed E-state index contributed by atoms with van der Waals surface area (Å²) in [6, 6.07) is 11.9. The van der Waals surface area contributed by atoms with Crippen molar-refractivity contribution >= 4 is 17.8 Å². The fraction of sp³-hybridized carbons (Fsp3) is 0.381. The Balaban J connectivity index is 1.86. The van der Waals surface area contributed by atoms with E-state index in [1.807, 2.05) is 30.3 Å². The van der Waals surface area contributed by atoms with E-state index >= 15 is 0 Å². The van der Waals surface area contributed by atoms with Crippen molar-refractivity contribution in [2.45, 2.75) is 45.9 Å². The highest BCUT2D eigenvalue weighted by Crippen LogP contribution is 2.08. The van der Waals surface area contributed by atoms with E-state index < -0.39 is 24.0 Å². The Bertz CT molecular complexity index is 771. The third-order valence-electron chi connectivity index (χ3n) is 4.12. The molecule has 0 bridgehead atoms. The molecule has 0 saturated carbocycles. The van der Waals surface area contributed by atoms with Crippen molar-refractivity contribution < 1.29 is 23.5 Å². The average Bonchev–Trinajstić information content (AvgIpc) is 3.18. The van der Waals surface area contributed by atoms with Crippen LogP contribution in [0.5, 0.6) is 0 Å². The van der Waals surface area contributed by atoms with Gasteiger partial charge in [-0.2, -0.15) is 0 Å². The molecule has 1 aromatic carbocycles. The Morgan fingerprint density at radius 1 is 1.04 bits per heavy atom. The summed E-state index contributed by atoms with van der Waals surface area (Å²) in [5, 5.41) is 5.34. The summed E-state index contributed by atoms with van der Waals surface area (Å²) in [5.74, 6) is -0.956. The summed E-state index contributed by atoms with van der Waals surface area (Å²) in [5.41, 5.74) is 0.849. The van der Waals surface area contributed by atoms with Gasteiger partial charge in [0.25, 0.3) is 5.91 Å². The molecule has 0 unspecified atom stereocenters. The molecular formula is C21H26N2O5. The van der Waals surface area contributed by atoms with Crippen LogP contribution in [0.25, 0.3) is 0 Å². The summed E-state index contributed by atoms with van der Waals surface area (Å²) in [6.07, 6.45) is 0.682. The molecule has 2 amide bonds. The van der Waals surface area contributed by atoms with Gasteiger partial charge in [0.2, 0.25) is 5.91 Å². The van der Waals surface area contributed by atoms with Crippen LogP contribution in [0.2, 0.25) is 0 Å². The number of ether oxygens (including phenoxy) is 1. The predicted molar refractivity (Wildman–Crippen MR) is 103 cm³/mol. The molecule has 0 aliphatic carbocycles. The first-order valence-electron chi connectivity index (χ1n) is 9.20. The minimum Gasteiger partial charge on any atom is -0.467 e. The molecular weight excluding hydrogens is 360 g/mol. The van der Waals surface area contributed by atoms with Crippen LogP contribution < -0.4 is 10.6 Å². The molecule has 0 fully saturated rings. The van der Waals surface area contributed by atoms with Gasteiger partial charge in [-0.25, -0.2) is 4.79 Å². The van der Waals surface area contributed by atoms with E-state index in [9.17, 15) is 14.4 Å². The van der Waals surface area contributed by atoms with Crippen molar-refractivity contribution in [3.05, 3.63) is 60.1 Å². The SMILES string of the molecule is CC(C)[C@H](NC(=O)Cc1ccccc1)C(=O)O[C@H](C)C(=O)NCc1ccco1. The first-order valence-corrected chi connectivity index (χ1v) is 9.20. The van der Waals surface area contributed by atoms with Gasteiger partial charge in [0.15, 0.2) is 6.10 Å². The Labute approximate surface area is 164 Å². The fourth-order valence-corrected chi connectivity index (χ4v) is 2.54. The Kier molecular flexibility index (Phi) is 7.80. The maximum atomic E-state index is 12.5. The first kappa shape index (κ1) is 21.2. The van der Waals surface area contributed by atoms with Gasteiger partial charge in [0.1, 0.15) is 11.8 Å². The summed E-state index contributed by atoms with van der Waals surface area (Å²) in [6.45, 7) is 5.29. The second kappa shape index (κ2) is 10.3. The maximum Gasteiger partial charge on any atom is 0.329 e. The molecule has 1 heterocycles. The van der Waals surface area contributed by atoms with E-state index in [0.29, 0.717) is 5.76 Å². The molecule has 0 saturated heterocycles. The van der Waals surface area contributed by atoms with Crippen LogP contribution in [-0.2, 0) is 32.1 Å². The molecule has 7 heteroatoms. The second-order valence-corrected chi connectivity index (χ2v) is 6.83. The highest BCUT2D eigenvalue weighted by atomic mass is 16.5. The van der Waals surface area contributed by atoms with Gasteiger partial charge in [-0.05, 0) is 30.5 Å². The van der Waals surface area contributed by atoms with Crippen molar-refractivity contribution in [3.63, 3.8) is 0 Å². The molecule has 2 N–H and O–H groups in total. The Morgan fingerprint density at radius 2 is 1.75 bits per heavy atom. The Hall–Kier alpha value is -3.09. The standard InChI is InChI=1S/C21H26N2O5/c1-14(2)19(23-18(24)12-16-8-5-4-6-9-16)21(26)28-15(3)20(25)22-13-17-10-7-11-27-17/h4-11,14-15,19H,12-13H2,1-3H3,(H,22,25)(H,23,24)/t15-,19+/m1/s1. The zero-order chi connectivity index (χ0) is 20.5. The van der Waals surface area contributed by atoms with E-state index in [4.69, 9.17) is 9.15 Å². The summed E-state index contributed by atoms with van der Waals surface area (Å²) in [4.78, 5) is 36.9. The van der Waals surface area contributed by atoms with Crippen molar-refractivity contribution in [2.24, 2.45) is 5.92 Å². The number of hydrogen-bond donors (Lipinski definition) is 2. The van der Waals surface area contributed by atoms with Crippen molar-refractivity contribution in [1.82, 2.24) is 10.6 Å². The first-order chi connectivity index (χ1) is 13.4. The van der Waals surface area contributed by atoms with Gasteiger partial charge < -0.3 is 19.8 Å². The molecule has 2 aromatic rings. The van der Waals surface area contributed by atoms with E-state index in [2.05, 4.69) is 10.6 Å². The summed E-state index contributed by atoms with van der Waals surface area (Å²) >= 11 is 0. The lowest BCUT2D eigenvalue weighted by atomic mass is 10.0. The van der Waals surface area contributed by atoms with Gasteiger partial charge in [0, 0.05) is 0 Å². The topological polar surface area (TPSA) is 97.6 Å². The molecule has 0 aliphatic rings. The number of hydrogen-bond acceptors (Lipinski definition) is 5. The number of amides is 2. The molecule has 1 aromatic heterocycles. The molecule has 0 aliphatic heterocycles. The highest BCUT2D eigenvalue weighted by Gasteiger charge is 2.28. The number of esters is 1. The third kappa shape index (κ3) is 6.57. The van der Waals surface area contributed by atoms with E-state index in [1.54, 1.807) is 26.0 Å². The van der Waals surface area contributed by atoms with Gasteiger partial charge in [-0.15, -0.1) is 0 Å². The smallest absolute Gasteiger partial charge is 0.329 e. The average molecular weight is 386 g/mol. The lowest BCUT2D eigenvalue weighted by Crippen LogP contribution is -2.48. The molecule has 7 nitrogen and oxygen atoms in total. The second-order valence-electron chi connectivity index (χ2n) is 6.83. The molecule has 0 radical (unpaired) electrons. The lowest BCUT2D eigenvalue weighted by molar-refractivity contribution is -0.158. The minimum absolute atomic E-state index is 0.163. The number of carbonyl (C=O) groups excluding carboxylic acids is 3. The fourth-order valence-electron chi connectivity index (χ4n) is 2.54. The van der Waals surface area contributed by atoms with Crippen LogP contribution in [0.3, 0.4) is 0 Å². The minimum atomic E-state index is -0.991. The van der Waals surface area contributed by atoms with Crippen LogP contribution >= 0.6 is 0 Å². The van der Waals surface area contributed by atoms with Crippen LogP contribution in [0, 0.1) is 5.92 Å². The quantitative estimate of drug-likeness (QED) is 0.644. The van der Waals surface area contributed by atoms with E-state index in [1.165, 1.54) is 13.2 Å². The molecule has 2 atom stereocenters. The zero-order valence-corrected chi connectivity index (χ0v) is 16.3. The van der Waals surface area contributed by atoms with Crippen LogP contribution in [0.1, 0.15) is 32.1 Å². The third-order valence-corrected chi connectivity index (χ3v) is 4.12. The number of rotatable bonds is 9. The Morgan fingerprint density at radius 3 is 2.36 bits per heavy atom. The van der Waals surface area contributed by atoms with Crippen molar-refractivity contribution in [1.29, 1.82) is 0 Å². The van der Waals surface area contributed by atoms with Gasteiger partial charge >= 0.3 is 5.97 Å². The van der Waals surface area contributed by atoms with Crippen LogP contribution in [0.15, 0.2) is 53.1 Å². The van der Waals surface area contributed by atoms with Gasteiger partial charge in [-0.1, -0.05) is 44.2 Å². The number of carbonyl (C=O) groups is 3. The number of benzene rings is 1. The summed E-state index contributed by atoms with van der Waals surface area (Å²) < 4.78 is 10.4. The van der Waals surface area contributed by atoms with E-state index in [0.717, 1.165) is 5.56 Å². The van der Waals surface area contributed by atoms with Gasteiger partial charge in [-0.3, -0.25) is 9.59 Å². The molecule has 0 spiro atoms. The molecule has 150 valence electrons. The lowest BCUT2D eigenvalue weighted by Gasteiger charge is -2.23. The zero-order valence-electron chi connectivity index (χ0n) is 16.3. The summed E-state index contributed by atoms with van der Waals surface area (Å²) in [7, 11) is 0. The van der Waals surface area contributed by atoms with Crippen molar-refractivity contribution in [2.75, 3.05) is 0 Å².